The zero-order valence-corrected chi connectivity index (χ0v) is 17.1. The van der Waals surface area contributed by atoms with Crippen molar-refractivity contribution in [1.82, 2.24) is 35.2 Å². The number of guanidine groups is 1. The molecule has 2 N–H and O–H groups in total. The molecule has 3 rings (SSSR count). The minimum Gasteiger partial charge on any atom is -0.377 e. The summed E-state index contributed by atoms with van der Waals surface area (Å²) in [6, 6.07) is 0.273. The molecule has 138 valence electrons. The second-order valence-corrected chi connectivity index (χ2v) is 5.89. The van der Waals surface area contributed by atoms with Crippen LogP contribution in [-0.2, 0) is 37.9 Å². The number of halogens is 1. The molecule has 2 aromatic rings. The third-order valence-corrected chi connectivity index (χ3v) is 3.96. The molecule has 9 nitrogen and oxygen atoms in total. The van der Waals surface area contributed by atoms with Crippen molar-refractivity contribution in [3.63, 3.8) is 0 Å². The highest BCUT2D eigenvalue weighted by atomic mass is 127. The second kappa shape index (κ2) is 9.13. The summed E-state index contributed by atoms with van der Waals surface area (Å²) < 4.78 is 8.85. The molecule has 1 aliphatic heterocycles. The predicted octanol–water partition coefficient (Wildman–Crippen LogP) is 0.456. The van der Waals surface area contributed by atoms with E-state index in [-0.39, 0.29) is 30.0 Å². The van der Waals surface area contributed by atoms with E-state index in [0.29, 0.717) is 13.2 Å². The van der Waals surface area contributed by atoms with Crippen molar-refractivity contribution in [2.75, 3.05) is 14.2 Å². The van der Waals surface area contributed by atoms with Gasteiger partial charge in [-0.25, -0.2) is 9.67 Å². The van der Waals surface area contributed by atoms with E-state index in [9.17, 15) is 0 Å². The zero-order valence-electron chi connectivity index (χ0n) is 14.8. The van der Waals surface area contributed by atoms with Crippen LogP contribution in [0, 0.1) is 0 Å². The van der Waals surface area contributed by atoms with Crippen LogP contribution in [0.4, 0.5) is 0 Å². The quantitative estimate of drug-likeness (QED) is 0.383. The molecule has 3 heterocycles. The van der Waals surface area contributed by atoms with Crippen LogP contribution in [0.15, 0.2) is 17.4 Å². The van der Waals surface area contributed by atoms with E-state index in [1.165, 1.54) is 0 Å². The fraction of sp³-hybridized carbons (Fsp3) is 0.600. The van der Waals surface area contributed by atoms with Crippen LogP contribution in [-0.4, -0.2) is 50.7 Å². The first kappa shape index (κ1) is 19.6. The minimum absolute atomic E-state index is 0. The number of nitrogens with zero attached hydrogens (tertiary/aromatic N) is 6. The zero-order chi connectivity index (χ0) is 16.9. The number of nitrogens with one attached hydrogen (secondary N) is 2. The van der Waals surface area contributed by atoms with Crippen molar-refractivity contribution in [3.05, 3.63) is 29.6 Å². The number of methoxy groups -OCH3 is 1. The van der Waals surface area contributed by atoms with Gasteiger partial charge in [-0.3, -0.25) is 9.67 Å². The summed E-state index contributed by atoms with van der Waals surface area (Å²) in [6.07, 6.45) is 5.73. The van der Waals surface area contributed by atoms with Crippen molar-refractivity contribution in [1.29, 1.82) is 0 Å². The average Bonchev–Trinajstić information content (AvgIpc) is 3.16. The Morgan fingerprint density at radius 3 is 3.00 bits per heavy atom. The van der Waals surface area contributed by atoms with Gasteiger partial charge in [0.15, 0.2) is 11.8 Å². The van der Waals surface area contributed by atoms with Crippen LogP contribution in [0.25, 0.3) is 0 Å². The molecule has 0 aliphatic carbocycles. The lowest BCUT2D eigenvalue weighted by Gasteiger charge is -2.25. The third kappa shape index (κ3) is 5.14. The van der Waals surface area contributed by atoms with Crippen molar-refractivity contribution < 1.29 is 4.74 Å². The number of aromatic nitrogens is 5. The molecule has 0 spiro atoms. The molecule has 0 saturated heterocycles. The highest BCUT2D eigenvalue weighted by Crippen LogP contribution is 2.13. The van der Waals surface area contributed by atoms with E-state index in [2.05, 4.69) is 30.8 Å². The molecule has 0 radical (unpaired) electrons. The number of aryl methyl sites for hydroxylation is 2. The van der Waals surface area contributed by atoms with Crippen LogP contribution < -0.4 is 10.6 Å². The van der Waals surface area contributed by atoms with Crippen LogP contribution in [0.5, 0.6) is 0 Å². The Morgan fingerprint density at radius 2 is 2.32 bits per heavy atom. The van der Waals surface area contributed by atoms with Crippen molar-refractivity contribution in [2.24, 2.45) is 12.0 Å². The normalized spacial score (nSPS) is 16.9. The molecule has 1 atom stereocenters. The Kier molecular flexibility index (Phi) is 7.17. The van der Waals surface area contributed by atoms with Crippen LogP contribution in [0.3, 0.4) is 0 Å². The lowest BCUT2D eigenvalue weighted by Crippen LogP contribution is -2.46. The SMILES string of the molecule is CN=C(NCc1cnn(C)c1)NC1CCc2nc(COC)nn2C1.I. The maximum Gasteiger partial charge on any atom is 0.191 e. The summed E-state index contributed by atoms with van der Waals surface area (Å²) in [6.45, 7) is 1.92. The Balaban J connectivity index is 0.00000225. The van der Waals surface area contributed by atoms with Crippen LogP contribution >= 0.6 is 24.0 Å². The predicted molar refractivity (Wildman–Crippen MR) is 105 cm³/mol. The molecule has 25 heavy (non-hydrogen) atoms. The van der Waals surface area contributed by atoms with E-state index >= 15 is 0 Å². The highest BCUT2D eigenvalue weighted by molar-refractivity contribution is 14.0. The van der Waals surface area contributed by atoms with Crippen molar-refractivity contribution in [2.45, 2.75) is 38.6 Å². The molecule has 0 saturated carbocycles. The average molecular weight is 460 g/mol. The van der Waals surface area contributed by atoms with Crippen LogP contribution in [0.2, 0.25) is 0 Å². The Bertz CT molecular complexity index is 710. The lowest BCUT2D eigenvalue weighted by atomic mass is 10.1. The third-order valence-electron chi connectivity index (χ3n) is 3.96. The number of rotatable bonds is 5. The van der Waals surface area contributed by atoms with Gasteiger partial charge in [-0.2, -0.15) is 10.2 Å². The van der Waals surface area contributed by atoms with Gasteiger partial charge in [-0.05, 0) is 6.42 Å². The highest BCUT2D eigenvalue weighted by Gasteiger charge is 2.22. The number of ether oxygens (including phenoxy) is 1. The van der Waals surface area contributed by atoms with E-state index < -0.39 is 0 Å². The lowest BCUT2D eigenvalue weighted by molar-refractivity contribution is 0.177. The summed E-state index contributed by atoms with van der Waals surface area (Å²) in [5, 5.41) is 15.4. The Morgan fingerprint density at radius 1 is 1.48 bits per heavy atom. The number of hydrogen-bond acceptors (Lipinski definition) is 5. The van der Waals surface area contributed by atoms with Gasteiger partial charge in [-0.15, -0.1) is 24.0 Å². The topological polar surface area (TPSA) is 94.2 Å². The molecular formula is C15H25IN8O. The van der Waals surface area contributed by atoms with Gasteiger partial charge < -0.3 is 15.4 Å². The summed E-state index contributed by atoms with van der Waals surface area (Å²) in [5.41, 5.74) is 1.12. The first-order chi connectivity index (χ1) is 11.7. The first-order valence-electron chi connectivity index (χ1n) is 8.04. The Hall–Kier alpha value is -1.69. The fourth-order valence-corrected chi connectivity index (χ4v) is 2.81. The molecule has 0 amide bonds. The van der Waals surface area contributed by atoms with Crippen molar-refractivity contribution in [3.8, 4) is 0 Å². The van der Waals surface area contributed by atoms with Crippen LogP contribution in [0.1, 0.15) is 23.6 Å². The first-order valence-corrected chi connectivity index (χ1v) is 8.04. The molecule has 1 aliphatic rings. The molecule has 0 fully saturated rings. The van der Waals surface area contributed by atoms with E-state index in [4.69, 9.17) is 4.74 Å². The summed E-state index contributed by atoms with van der Waals surface area (Å²) in [5.74, 6) is 2.55. The van der Waals surface area contributed by atoms with Gasteiger partial charge in [0.25, 0.3) is 0 Å². The number of hydrogen-bond donors (Lipinski definition) is 2. The van der Waals surface area contributed by atoms with Gasteiger partial charge in [0.2, 0.25) is 0 Å². The standard InChI is InChI=1S/C15H24N8O.HI/c1-16-15(17-6-11-7-18-22(2)8-11)19-12-4-5-14-20-13(10-24-3)21-23(14)9-12;/h7-8,12H,4-6,9-10H2,1-3H3,(H2,16,17,19);1H. The maximum absolute atomic E-state index is 5.10. The number of fused-ring (bicyclic) bond motifs is 1. The van der Waals surface area contributed by atoms with Gasteiger partial charge >= 0.3 is 0 Å². The fourth-order valence-electron chi connectivity index (χ4n) is 2.81. The largest absolute Gasteiger partial charge is 0.377 e. The van der Waals surface area contributed by atoms with Gasteiger partial charge in [0, 0.05) is 52.0 Å². The minimum atomic E-state index is 0. The summed E-state index contributed by atoms with van der Waals surface area (Å²) >= 11 is 0. The monoisotopic (exact) mass is 460 g/mol. The summed E-state index contributed by atoms with van der Waals surface area (Å²) in [4.78, 5) is 8.79. The molecule has 0 bridgehead atoms. The molecule has 0 aromatic carbocycles. The van der Waals surface area contributed by atoms with Crippen molar-refractivity contribution >= 4 is 29.9 Å². The summed E-state index contributed by atoms with van der Waals surface area (Å²) in [7, 11) is 5.34. The van der Waals surface area contributed by atoms with E-state index in [1.807, 2.05) is 24.1 Å². The molecule has 10 heteroatoms. The Labute approximate surface area is 164 Å². The molecule has 2 aromatic heterocycles. The maximum atomic E-state index is 5.10. The second-order valence-electron chi connectivity index (χ2n) is 5.89. The molecular weight excluding hydrogens is 435 g/mol. The van der Waals surface area contributed by atoms with E-state index in [0.717, 1.165) is 42.6 Å². The van der Waals surface area contributed by atoms with Gasteiger partial charge in [0.1, 0.15) is 12.4 Å². The molecule has 1 unspecified atom stereocenters. The smallest absolute Gasteiger partial charge is 0.191 e. The van der Waals surface area contributed by atoms with Gasteiger partial charge in [0.05, 0.1) is 12.7 Å². The van der Waals surface area contributed by atoms with E-state index in [1.54, 1.807) is 18.8 Å². The number of aliphatic imine (C=N–C) groups is 1. The van der Waals surface area contributed by atoms with Gasteiger partial charge in [-0.1, -0.05) is 0 Å².